The Morgan fingerprint density at radius 1 is 1.13 bits per heavy atom. The van der Waals surface area contributed by atoms with E-state index in [9.17, 15) is 13.2 Å². The third-order valence-corrected chi connectivity index (χ3v) is 6.72. The maximum absolute atomic E-state index is 12.7. The standard InChI is InChI=1S/C22H28ClN3O3S/c1-17(26(30(2,28)29)21-7-5-6-20(23)14-21)22(27)24-15-18-8-10-19(11-9-18)16-25-12-3-4-13-25/h5-11,14,17H,3-4,12-13,15-16H2,1-2H3,(H,24,27)/t17-/m1/s1. The zero-order valence-corrected chi connectivity index (χ0v) is 18.9. The average Bonchev–Trinajstić information content (AvgIpc) is 3.19. The molecule has 0 unspecified atom stereocenters. The highest BCUT2D eigenvalue weighted by molar-refractivity contribution is 7.92. The van der Waals surface area contributed by atoms with Crippen molar-refractivity contribution in [3.63, 3.8) is 0 Å². The number of nitrogens with one attached hydrogen (secondary N) is 1. The van der Waals surface area contributed by atoms with Crippen molar-refractivity contribution < 1.29 is 13.2 Å². The molecule has 0 aromatic heterocycles. The van der Waals surface area contributed by atoms with Gasteiger partial charge in [-0.1, -0.05) is 41.9 Å². The summed E-state index contributed by atoms with van der Waals surface area (Å²) >= 11 is 6.01. The van der Waals surface area contributed by atoms with Crippen LogP contribution >= 0.6 is 11.6 Å². The fourth-order valence-corrected chi connectivity index (χ4v) is 5.07. The summed E-state index contributed by atoms with van der Waals surface area (Å²) in [6.07, 6.45) is 3.61. The number of carbonyl (C=O) groups excluding carboxylic acids is 1. The molecule has 0 saturated carbocycles. The van der Waals surface area contributed by atoms with Crippen molar-refractivity contribution >= 4 is 33.2 Å². The summed E-state index contributed by atoms with van der Waals surface area (Å²) in [7, 11) is -3.67. The van der Waals surface area contributed by atoms with Gasteiger partial charge in [0.15, 0.2) is 0 Å². The first kappa shape index (κ1) is 22.6. The molecule has 1 N–H and O–H groups in total. The fourth-order valence-electron chi connectivity index (χ4n) is 3.72. The van der Waals surface area contributed by atoms with Gasteiger partial charge in [0.25, 0.3) is 0 Å². The molecule has 0 bridgehead atoms. The molecule has 0 spiro atoms. The highest BCUT2D eigenvalue weighted by Gasteiger charge is 2.29. The van der Waals surface area contributed by atoms with Crippen LogP contribution in [0.15, 0.2) is 48.5 Å². The lowest BCUT2D eigenvalue weighted by Crippen LogP contribution is -2.47. The van der Waals surface area contributed by atoms with Crippen LogP contribution < -0.4 is 9.62 Å². The molecular formula is C22H28ClN3O3S. The molecule has 30 heavy (non-hydrogen) atoms. The number of anilines is 1. The maximum Gasteiger partial charge on any atom is 0.243 e. The first-order chi connectivity index (χ1) is 14.2. The fraction of sp³-hybridized carbons (Fsp3) is 0.409. The van der Waals surface area contributed by atoms with Crippen LogP contribution in [0.2, 0.25) is 5.02 Å². The molecule has 2 aromatic rings. The van der Waals surface area contributed by atoms with Crippen LogP contribution in [0, 0.1) is 0 Å². The van der Waals surface area contributed by atoms with Crippen molar-refractivity contribution in [2.45, 2.75) is 38.9 Å². The quantitative estimate of drug-likeness (QED) is 0.670. The molecule has 1 aliphatic rings. The van der Waals surface area contributed by atoms with Gasteiger partial charge in [0.1, 0.15) is 6.04 Å². The van der Waals surface area contributed by atoms with Crippen molar-refractivity contribution in [3.8, 4) is 0 Å². The van der Waals surface area contributed by atoms with Crippen molar-refractivity contribution in [1.29, 1.82) is 0 Å². The van der Waals surface area contributed by atoms with Crippen molar-refractivity contribution in [3.05, 3.63) is 64.7 Å². The molecule has 1 amide bonds. The summed E-state index contributed by atoms with van der Waals surface area (Å²) in [4.78, 5) is 15.1. The number of rotatable bonds is 8. The Morgan fingerprint density at radius 3 is 2.37 bits per heavy atom. The van der Waals surface area contributed by atoms with E-state index >= 15 is 0 Å². The smallest absolute Gasteiger partial charge is 0.243 e. The van der Waals surface area contributed by atoms with Gasteiger partial charge in [-0.05, 0) is 62.2 Å². The Bertz CT molecular complexity index is 973. The van der Waals surface area contributed by atoms with Gasteiger partial charge < -0.3 is 5.32 Å². The van der Waals surface area contributed by atoms with Crippen LogP contribution in [0.5, 0.6) is 0 Å². The Balaban J connectivity index is 1.62. The summed E-state index contributed by atoms with van der Waals surface area (Å²) < 4.78 is 25.8. The molecule has 1 atom stereocenters. The monoisotopic (exact) mass is 449 g/mol. The molecule has 1 heterocycles. The van der Waals surface area contributed by atoms with E-state index in [4.69, 9.17) is 11.6 Å². The van der Waals surface area contributed by atoms with E-state index in [0.717, 1.165) is 35.8 Å². The Morgan fingerprint density at radius 2 is 1.77 bits per heavy atom. The van der Waals surface area contributed by atoms with E-state index < -0.39 is 16.1 Å². The van der Waals surface area contributed by atoms with Gasteiger partial charge in [0, 0.05) is 18.1 Å². The zero-order valence-electron chi connectivity index (χ0n) is 17.3. The SMILES string of the molecule is C[C@H](C(=O)NCc1ccc(CN2CCCC2)cc1)N(c1cccc(Cl)c1)S(C)(=O)=O. The van der Waals surface area contributed by atoms with E-state index in [2.05, 4.69) is 22.3 Å². The number of nitrogens with zero attached hydrogens (tertiary/aromatic N) is 2. The molecular weight excluding hydrogens is 422 g/mol. The highest BCUT2D eigenvalue weighted by Crippen LogP contribution is 2.24. The molecule has 2 aromatic carbocycles. The summed E-state index contributed by atoms with van der Waals surface area (Å²) in [5.74, 6) is -0.374. The molecule has 3 rings (SSSR count). The molecule has 8 heteroatoms. The topological polar surface area (TPSA) is 69.7 Å². The van der Waals surface area contributed by atoms with Crippen LogP contribution in [0.4, 0.5) is 5.69 Å². The summed E-state index contributed by atoms with van der Waals surface area (Å²) in [6.45, 7) is 5.15. The van der Waals surface area contributed by atoms with Gasteiger partial charge in [-0.2, -0.15) is 0 Å². The van der Waals surface area contributed by atoms with Crippen LogP contribution in [0.3, 0.4) is 0 Å². The van der Waals surface area contributed by atoms with E-state index in [-0.39, 0.29) is 5.91 Å². The van der Waals surface area contributed by atoms with E-state index in [1.807, 2.05) is 12.1 Å². The number of hydrogen-bond acceptors (Lipinski definition) is 4. The van der Waals surface area contributed by atoms with E-state index in [0.29, 0.717) is 17.3 Å². The number of hydrogen-bond donors (Lipinski definition) is 1. The molecule has 0 aliphatic carbocycles. The average molecular weight is 450 g/mol. The summed E-state index contributed by atoms with van der Waals surface area (Å²) in [5, 5.41) is 3.25. The predicted octanol–water partition coefficient (Wildman–Crippen LogP) is 3.41. The minimum absolute atomic E-state index is 0.334. The lowest BCUT2D eigenvalue weighted by atomic mass is 10.1. The zero-order chi connectivity index (χ0) is 21.7. The minimum atomic E-state index is -3.67. The minimum Gasteiger partial charge on any atom is -0.350 e. The third kappa shape index (κ3) is 5.97. The van der Waals surface area contributed by atoms with Crippen LogP contribution in [-0.4, -0.2) is 44.6 Å². The summed E-state index contributed by atoms with van der Waals surface area (Å²) in [5.41, 5.74) is 2.58. The second-order valence-electron chi connectivity index (χ2n) is 7.73. The summed E-state index contributed by atoms with van der Waals surface area (Å²) in [6, 6.07) is 13.7. The Kier molecular flexibility index (Phi) is 7.39. The van der Waals surface area contributed by atoms with Gasteiger partial charge >= 0.3 is 0 Å². The molecule has 1 fully saturated rings. The van der Waals surface area contributed by atoms with Gasteiger partial charge in [-0.25, -0.2) is 8.42 Å². The predicted molar refractivity (Wildman–Crippen MR) is 121 cm³/mol. The number of halogens is 1. The molecule has 1 aliphatic heterocycles. The van der Waals surface area contributed by atoms with Crippen LogP contribution in [-0.2, 0) is 27.9 Å². The van der Waals surface area contributed by atoms with Gasteiger partial charge in [-0.15, -0.1) is 0 Å². The van der Waals surface area contributed by atoms with Crippen LogP contribution in [0.1, 0.15) is 30.9 Å². The van der Waals surface area contributed by atoms with Gasteiger partial charge in [0.2, 0.25) is 15.9 Å². The Hall–Kier alpha value is -2.09. The molecule has 0 radical (unpaired) electrons. The number of amides is 1. The normalized spacial score (nSPS) is 15.7. The number of likely N-dealkylation sites (tertiary alicyclic amines) is 1. The number of carbonyl (C=O) groups is 1. The highest BCUT2D eigenvalue weighted by atomic mass is 35.5. The number of sulfonamides is 1. The van der Waals surface area contributed by atoms with Gasteiger partial charge in [0.05, 0.1) is 11.9 Å². The third-order valence-electron chi connectivity index (χ3n) is 5.25. The van der Waals surface area contributed by atoms with Crippen molar-refractivity contribution in [2.24, 2.45) is 0 Å². The largest absolute Gasteiger partial charge is 0.350 e. The lowest BCUT2D eigenvalue weighted by Gasteiger charge is -2.28. The van der Waals surface area contributed by atoms with Crippen molar-refractivity contribution in [1.82, 2.24) is 10.2 Å². The number of benzene rings is 2. The van der Waals surface area contributed by atoms with Crippen molar-refractivity contribution in [2.75, 3.05) is 23.7 Å². The Labute approximate surface area is 183 Å². The second kappa shape index (κ2) is 9.81. The van der Waals surface area contributed by atoms with Crippen LogP contribution in [0.25, 0.3) is 0 Å². The van der Waals surface area contributed by atoms with E-state index in [1.165, 1.54) is 24.5 Å². The first-order valence-electron chi connectivity index (χ1n) is 10.1. The molecule has 162 valence electrons. The lowest BCUT2D eigenvalue weighted by molar-refractivity contribution is -0.122. The first-order valence-corrected chi connectivity index (χ1v) is 12.3. The maximum atomic E-state index is 12.7. The van der Waals surface area contributed by atoms with E-state index in [1.54, 1.807) is 25.1 Å². The second-order valence-corrected chi connectivity index (χ2v) is 10.0. The van der Waals surface area contributed by atoms with Gasteiger partial charge in [-0.3, -0.25) is 14.0 Å². The molecule has 1 saturated heterocycles. The molecule has 6 nitrogen and oxygen atoms in total.